The number of nitrogens with one attached hydrogen (secondary N) is 1. The van der Waals surface area contributed by atoms with Crippen LogP contribution in [0, 0.1) is 6.92 Å². The molecule has 1 aromatic heterocycles. The van der Waals surface area contributed by atoms with E-state index in [1.54, 1.807) is 24.5 Å². The zero-order chi connectivity index (χ0) is 14.4. The summed E-state index contributed by atoms with van der Waals surface area (Å²) in [6.45, 7) is 3.88. The molecule has 0 bridgehead atoms. The molecular weight excluding hydrogens is 252 g/mol. The number of hydrogen-bond acceptors (Lipinski definition) is 3. The lowest BCUT2D eigenvalue weighted by atomic mass is 10.2. The molecule has 0 saturated carbocycles. The molecule has 0 aliphatic heterocycles. The van der Waals surface area contributed by atoms with Gasteiger partial charge in [-0.15, -0.1) is 0 Å². The largest absolute Gasteiger partial charge is 0.480 e. The fraction of sp³-hybridized carbons (Fsp3) is 0.250. The van der Waals surface area contributed by atoms with E-state index in [0.29, 0.717) is 12.1 Å². The smallest absolute Gasteiger partial charge is 0.265 e. The van der Waals surface area contributed by atoms with Gasteiger partial charge in [0.15, 0.2) is 6.10 Å². The molecule has 0 spiro atoms. The zero-order valence-electron chi connectivity index (χ0n) is 11.7. The normalized spacial score (nSPS) is 11.7. The molecule has 0 unspecified atom stereocenters. The SMILES string of the molecule is CC[C@H](Oc1ccccc1C)C(=O)Nc1cccnc1. The Morgan fingerprint density at radius 1 is 1.30 bits per heavy atom. The first-order chi connectivity index (χ1) is 9.70. The minimum absolute atomic E-state index is 0.163. The summed E-state index contributed by atoms with van der Waals surface area (Å²) in [5.41, 5.74) is 1.68. The first-order valence-corrected chi connectivity index (χ1v) is 6.64. The molecule has 1 heterocycles. The van der Waals surface area contributed by atoms with Crippen LogP contribution >= 0.6 is 0 Å². The van der Waals surface area contributed by atoms with Gasteiger partial charge in [-0.2, -0.15) is 0 Å². The highest BCUT2D eigenvalue weighted by molar-refractivity contribution is 5.94. The Morgan fingerprint density at radius 2 is 2.10 bits per heavy atom. The molecule has 0 aliphatic carbocycles. The zero-order valence-corrected chi connectivity index (χ0v) is 11.7. The van der Waals surface area contributed by atoms with Crippen molar-refractivity contribution >= 4 is 11.6 Å². The van der Waals surface area contributed by atoms with E-state index >= 15 is 0 Å². The minimum Gasteiger partial charge on any atom is -0.480 e. The highest BCUT2D eigenvalue weighted by Crippen LogP contribution is 2.19. The number of para-hydroxylation sites is 1. The number of nitrogens with zero attached hydrogens (tertiary/aromatic N) is 1. The van der Waals surface area contributed by atoms with Gasteiger partial charge < -0.3 is 10.1 Å². The summed E-state index contributed by atoms with van der Waals surface area (Å²) in [6.07, 6.45) is 3.35. The molecule has 1 atom stereocenters. The summed E-state index contributed by atoms with van der Waals surface area (Å²) in [5.74, 6) is 0.574. The van der Waals surface area contributed by atoms with Gasteiger partial charge in [-0.1, -0.05) is 25.1 Å². The standard InChI is InChI=1S/C16H18N2O2/c1-3-14(20-15-9-5-4-7-12(15)2)16(19)18-13-8-6-10-17-11-13/h4-11,14H,3H2,1-2H3,(H,18,19)/t14-/m0/s1. The summed E-state index contributed by atoms with van der Waals surface area (Å²) >= 11 is 0. The van der Waals surface area contributed by atoms with Gasteiger partial charge in [0.25, 0.3) is 5.91 Å². The summed E-state index contributed by atoms with van der Waals surface area (Å²) in [7, 11) is 0. The number of carbonyl (C=O) groups excluding carboxylic acids is 1. The first kappa shape index (κ1) is 14.1. The van der Waals surface area contributed by atoms with Crippen LogP contribution in [0.1, 0.15) is 18.9 Å². The molecule has 104 valence electrons. The summed E-state index contributed by atoms with van der Waals surface area (Å²) in [6, 6.07) is 11.2. The van der Waals surface area contributed by atoms with Crippen molar-refractivity contribution in [2.75, 3.05) is 5.32 Å². The third-order valence-electron chi connectivity index (χ3n) is 2.96. The molecule has 2 aromatic rings. The fourth-order valence-electron chi connectivity index (χ4n) is 1.82. The summed E-state index contributed by atoms with van der Waals surface area (Å²) in [5, 5.41) is 2.81. The molecule has 2 rings (SSSR count). The number of benzene rings is 1. The third-order valence-corrected chi connectivity index (χ3v) is 2.96. The number of ether oxygens (including phenoxy) is 1. The fourth-order valence-corrected chi connectivity index (χ4v) is 1.82. The van der Waals surface area contributed by atoms with E-state index in [9.17, 15) is 4.79 Å². The van der Waals surface area contributed by atoms with Crippen molar-refractivity contribution in [3.63, 3.8) is 0 Å². The van der Waals surface area contributed by atoms with Gasteiger partial charge in [0, 0.05) is 6.20 Å². The van der Waals surface area contributed by atoms with Crippen molar-refractivity contribution in [3.8, 4) is 5.75 Å². The molecule has 0 fully saturated rings. The van der Waals surface area contributed by atoms with Crippen molar-refractivity contribution < 1.29 is 9.53 Å². The highest BCUT2D eigenvalue weighted by atomic mass is 16.5. The van der Waals surface area contributed by atoms with Gasteiger partial charge in [-0.05, 0) is 37.1 Å². The predicted octanol–water partition coefficient (Wildman–Crippen LogP) is 3.19. The van der Waals surface area contributed by atoms with E-state index in [1.165, 1.54) is 0 Å². The van der Waals surface area contributed by atoms with E-state index in [0.717, 1.165) is 11.3 Å². The van der Waals surface area contributed by atoms with Crippen LogP contribution in [0.3, 0.4) is 0 Å². The average molecular weight is 270 g/mol. The van der Waals surface area contributed by atoms with Crippen LogP contribution in [-0.2, 0) is 4.79 Å². The van der Waals surface area contributed by atoms with Crippen LogP contribution in [0.15, 0.2) is 48.8 Å². The van der Waals surface area contributed by atoms with Crippen LogP contribution < -0.4 is 10.1 Å². The number of hydrogen-bond donors (Lipinski definition) is 1. The summed E-state index contributed by atoms with van der Waals surface area (Å²) in [4.78, 5) is 16.2. The lowest BCUT2D eigenvalue weighted by Gasteiger charge is -2.18. The molecular formula is C16H18N2O2. The number of amides is 1. The van der Waals surface area contributed by atoms with E-state index in [-0.39, 0.29) is 5.91 Å². The third kappa shape index (κ3) is 3.57. The van der Waals surface area contributed by atoms with Crippen molar-refractivity contribution in [1.29, 1.82) is 0 Å². The molecule has 20 heavy (non-hydrogen) atoms. The number of aromatic nitrogens is 1. The Labute approximate surface area is 118 Å². The number of aryl methyl sites for hydroxylation is 1. The number of anilines is 1. The number of rotatable bonds is 5. The lowest BCUT2D eigenvalue weighted by molar-refractivity contribution is -0.122. The molecule has 0 radical (unpaired) electrons. The molecule has 4 nitrogen and oxygen atoms in total. The van der Waals surface area contributed by atoms with Crippen LogP contribution in [0.2, 0.25) is 0 Å². The van der Waals surface area contributed by atoms with Crippen molar-refractivity contribution in [1.82, 2.24) is 4.98 Å². The first-order valence-electron chi connectivity index (χ1n) is 6.64. The van der Waals surface area contributed by atoms with E-state index in [1.807, 2.05) is 38.1 Å². The maximum Gasteiger partial charge on any atom is 0.265 e. The molecule has 0 saturated heterocycles. The van der Waals surface area contributed by atoms with Gasteiger partial charge >= 0.3 is 0 Å². The van der Waals surface area contributed by atoms with Crippen LogP contribution in [0.5, 0.6) is 5.75 Å². The molecule has 4 heteroatoms. The Bertz CT molecular complexity index is 570. The minimum atomic E-state index is -0.517. The average Bonchev–Trinajstić information content (AvgIpc) is 2.47. The topological polar surface area (TPSA) is 51.2 Å². The van der Waals surface area contributed by atoms with Crippen LogP contribution in [0.4, 0.5) is 5.69 Å². The summed E-state index contributed by atoms with van der Waals surface area (Å²) < 4.78 is 5.80. The molecule has 0 aliphatic rings. The van der Waals surface area contributed by atoms with Gasteiger partial charge in [-0.3, -0.25) is 9.78 Å². The van der Waals surface area contributed by atoms with Gasteiger partial charge in [-0.25, -0.2) is 0 Å². The Hall–Kier alpha value is -2.36. The Kier molecular flexibility index (Phi) is 4.71. The van der Waals surface area contributed by atoms with E-state index in [4.69, 9.17) is 4.74 Å². The predicted molar refractivity (Wildman–Crippen MR) is 78.8 cm³/mol. The monoisotopic (exact) mass is 270 g/mol. The highest BCUT2D eigenvalue weighted by Gasteiger charge is 2.19. The van der Waals surface area contributed by atoms with Crippen molar-refractivity contribution in [2.45, 2.75) is 26.4 Å². The van der Waals surface area contributed by atoms with Crippen LogP contribution in [-0.4, -0.2) is 17.0 Å². The second kappa shape index (κ2) is 6.70. The molecule has 1 amide bonds. The lowest BCUT2D eigenvalue weighted by Crippen LogP contribution is -2.32. The molecule has 1 aromatic carbocycles. The van der Waals surface area contributed by atoms with E-state index in [2.05, 4.69) is 10.3 Å². The van der Waals surface area contributed by atoms with Gasteiger partial charge in [0.1, 0.15) is 5.75 Å². The maximum absolute atomic E-state index is 12.2. The van der Waals surface area contributed by atoms with Crippen molar-refractivity contribution in [3.05, 3.63) is 54.4 Å². The second-order valence-corrected chi connectivity index (χ2v) is 4.51. The number of carbonyl (C=O) groups is 1. The van der Waals surface area contributed by atoms with Crippen molar-refractivity contribution in [2.24, 2.45) is 0 Å². The van der Waals surface area contributed by atoms with Gasteiger partial charge in [0.2, 0.25) is 0 Å². The maximum atomic E-state index is 12.2. The number of pyridine rings is 1. The Balaban J connectivity index is 2.05. The molecule has 1 N–H and O–H groups in total. The van der Waals surface area contributed by atoms with Crippen LogP contribution in [0.25, 0.3) is 0 Å². The van der Waals surface area contributed by atoms with Gasteiger partial charge in [0.05, 0.1) is 11.9 Å². The quantitative estimate of drug-likeness (QED) is 0.907. The second-order valence-electron chi connectivity index (χ2n) is 4.51. The van der Waals surface area contributed by atoms with E-state index < -0.39 is 6.10 Å². The Morgan fingerprint density at radius 3 is 2.75 bits per heavy atom.